The first kappa shape index (κ1) is 12.2. The molecule has 1 aliphatic heterocycles. The molecular formula is C13H16N4OS. The van der Waals surface area contributed by atoms with Gasteiger partial charge in [0.15, 0.2) is 0 Å². The number of hydrogen-bond acceptors (Lipinski definition) is 6. The van der Waals surface area contributed by atoms with E-state index in [0.29, 0.717) is 11.4 Å². The number of nitrogen functional groups attached to an aromatic ring is 1. The van der Waals surface area contributed by atoms with Crippen molar-refractivity contribution in [3.63, 3.8) is 0 Å². The molecule has 3 rings (SSSR count). The highest BCUT2D eigenvalue weighted by atomic mass is 32.1. The van der Waals surface area contributed by atoms with E-state index in [0.717, 1.165) is 28.8 Å². The molecule has 0 unspecified atom stereocenters. The zero-order valence-corrected chi connectivity index (χ0v) is 11.6. The third kappa shape index (κ3) is 2.35. The van der Waals surface area contributed by atoms with Crippen molar-refractivity contribution in [1.29, 1.82) is 0 Å². The minimum absolute atomic E-state index is 0.635. The van der Waals surface area contributed by atoms with Crippen LogP contribution in [-0.4, -0.2) is 30.4 Å². The van der Waals surface area contributed by atoms with Crippen LogP contribution < -0.4 is 15.4 Å². The Morgan fingerprint density at radius 3 is 2.79 bits per heavy atom. The average molecular weight is 276 g/mol. The third-order valence-electron chi connectivity index (χ3n) is 3.27. The first-order valence-corrected chi connectivity index (χ1v) is 7.12. The highest BCUT2D eigenvalue weighted by Crippen LogP contribution is 2.33. The highest BCUT2D eigenvalue weighted by molar-refractivity contribution is 7.18. The Bertz CT molecular complexity index is 578. The molecule has 0 radical (unpaired) electrons. The van der Waals surface area contributed by atoms with E-state index < -0.39 is 0 Å². The summed E-state index contributed by atoms with van der Waals surface area (Å²) in [5, 5.41) is 10.4. The fourth-order valence-electron chi connectivity index (χ4n) is 2.21. The summed E-state index contributed by atoms with van der Waals surface area (Å²) >= 11 is 1.62. The van der Waals surface area contributed by atoms with Gasteiger partial charge in [0, 0.05) is 18.7 Å². The number of methoxy groups -OCH3 is 1. The summed E-state index contributed by atoms with van der Waals surface area (Å²) in [4.78, 5) is 2.29. The van der Waals surface area contributed by atoms with Crippen LogP contribution in [-0.2, 0) is 0 Å². The topological polar surface area (TPSA) is 64.3 Å². The summed E-state index contributed by atoms with van der Waals surface area (Å²) < 4.78 is 5.23. The van der Waals surface area contributed by atoms with Crippen LogP contribution in [0.5, 0.6) is 5.75 Å². The van der Waals surface area contributed by atoms with Gasteiger partial charge in [-0.05, 0) is 31.0 Å². The number of rotatable bonds is 3. The Balaban J connectivity index is 1.89. The molecule has 1 aromatic carbocycles. The molecule has 0 aliphatic carbocycles. The van der Waals surface area contributed by atoms with Crippen molar-refractivity contribution in [2.45, 2.75) is 12.8 Å². The van der Waals surface area contributed by atoms with Gasteiger partial charge in [-0.25, -0.2) is 0 Å². The molecule has 19 heavy (non-hydrogen) atoms. The molecule has 1 fully saturated rings. The van der Waals surface area contributed by atoms with E-state index >= 15 is 0 Å². The predicted octanol–water partition coefficient (Wildman–Crippen LogP) is 2.40. The number of ether oxygens (including phenoxy) is 1. The summed E-state index contributed by atoms with van der Waals surface area (Å²) in [5.74, 6) is 0.676. The number of hydrogen-bond donors (Lipinski definition) is 1. The van der Waals surface area contributed by atoms with Crippen molar-refractivity contribution >= 4 is 22.2 Å². The van der Waals surface area contributed by atoms with Crippen LogP contribution in [0.25, 0.3) is 10.6 Å². The normalized spacial score (nSPS) is 14.9. The molecule has 2 N–H and O–H groups in total. The molecular weight excluding hydrogens is 260 g/mol. The molecule has 0 spiro atoms. The van der Waals surface area contributed by atoms with E-state index in [2.05, 4.69) is 15.1 Å². The standard InChI is InChI=1S/C13H16N4OS/c1-18-11-8-9(4-5-10(11)14)12-15-16-13(19-12)17-6-2-3-7-17/h4-5,8H,2-3,6-7,14H2,1H3. The van der Waals surface area contributed by atoms with Crippen LogP contribution in [0, 0.1) is 0 Å². The lowest BCUT2D eigenvalue weighted by Crippen LogP contribution is -2.17. The van der Waals surface area contributed by atoms with Crippen molar-refractivity contribution in [2.24, 2.45) is 0 Å². The lowest BCUT2D eigenvalue weighted by Gasteiger charge is -2.11. The van der Waals surface area contributed by atoms with Gasteiger partial charge in [0.05, 0.1) is 12.8 Å². The molecule has 1 aliphatic rings. The maximum atomic E-state index is 5.82. The number of aromatic nitrogens is 2. The van der Waals surface area contributed by atoms with Crippen LogP contribution in [0.2, 0.25) is 0 Å². The van der Waals surface area contributed by atoms with Gasteiger partial charge in [0.1, 0.15) is 10.8 Å². The van der Waals surface area contributed by atoms with Crippen molar-refractivity contribution in [3.05, 3.63) is 18.2 Å². The number of anilines is 2. The van der Waals surface area contributed by atoms with Gasteiger partial charge in [-0.15, -0.1) is 10.2 Å². The Morgan fingerprint density at radius 1 is 1.26 bits per heavy atom. The van der Waals surface area contributed by atoms with Crippen molar-refractivity contribution in [3.8, 4) is 16.3 Å². The monoisotopic (exact) mass is 276 g/mol. The lowest BCUT2D eigenvalue weighted by atomic mass is 10.2. The average Bonchev–Trinajstić information content (AvgIpc) is 3.10. The van der Waals surface area contributed by atoms with Crippen LogP contribution >= 0.6 is 11.3 Å². The number of nitrogens with zero attached hydrogens (tertiary/aromatic N) is 3. The quantitative estimate of drug-likeness (QED) is 0.872. The van der Waals surface area contributed by atoms with E-state index in [1.54, 1.807) is 18.4 Å². The van der Waals surface area contributed by atoms with E-state index in [1.807, 2.05) is 18.2 Å². The zero-order chi connectivity index (χ0) is 13.2. The maximum Gasteiger partial charge on any atom is 0.208 e. The largest absolute Gasteiger partial charge is 0.495 e. The Labute approximate surface area is 116 Å². The maximum absolute atomic E-state index is 5.82. The van der Waals surface area contributed by atoms with Crippen molar-refractivity contribution < 1.29 is 4.74 Å². The zero-order valence-electron chi connectivity index (χ0n) is 10.8. The molecule has 0 bridgehead atoms. The Morgan fingerprint density at radius 2 is 2.05 bits per heavy atom. The van der Waals surface area contributed by atoms with Gasteiger partial charge >= 0.3 is 0 Å². The molecule has 0 atom stereocenters. The van der Waals surface area contributed by atoms with Gasteiger partial charge in [0.25, 0.3) is 0 Å². The molecule has 100 valence electrons. The molecule has 2 heterocycles. The van der Waals surface area contributed by atoms with Crippen LogP contribution in [0.4, 0.5) is 10.8 Å². The minimum atomic E-state index is 0.635. The fourth-order valence-corrected chi connectivity index (χ4v) is 3.11. The van der Waals surface area contributed by atoms with Crippen LogP contribution in [0.1, 0.15) is 12.8 Å². The fraction of sp³-hybridized carbons (Fsp3) is 0.385. The summed E-state index contributed by atoms with van der Waals surface area (Å²) in [5.41, 5.74) is 7.45. The molecule has 0 saturated carbocycles. The summed E-state index contributed by atoms with van der Waals surface area (Å²) in [7, 11) is 1.62. The minimum Gasteiger partial charge on any atom is -0.495 e. The number of benzene rings is 1. The second-order valence-electron chi connectivity index (χ2n) is 4.54. The van der Waals surface area contributed by atoms with E-state index in [1.165, 1.54) is 12.8 Å². The molecule has 5 nitrogen and oxygen atoms in total. The van der Waals surface area contributed by atoms with Crippen molar-refractivity contribution in [1.82, 2.24) is 10.2 Å². The van der Waals surface area contributed by atoms with Crippen LogP contribution in [0.15, 0.2) is 18.2 Å². The van der Waals surface area contributed by atoms with Gasteiger partial charge < -0.3 is 15.4 Å². The van der Waals surface area contributed by atoms with Crippen LogP contribution in [0.3, 0.4) is 0 Å². The number of nitrogens with two attached hydrogens (primary N) is 1. The molecule has 2 aromatic rings. The lowest BCUT2D eigenvalue weighted by molar-refractivity contribution is 0.417. The van der Waals surface area contributed by atoms with Gasteiger partial charge in [-0.1, -0.05) is 11.3 Å². The van der Waals surface area contributed by atoms with Gasteiger partial charge in [-0.3, -0.25) is 0 Å². The molecule has 6 heteroatoms. The Hall–Kier alpha value is -1.82. The van der Waals surface area contributed by atoms with E-state index in [9.17, 15) is 0 Å². The van der Waals surface area contributed by atoms with Gasteiger partial charge in [0.2, 0.25) is 5.13 Å². The first-order chi connectivity index (χ1) is 9.28. The molecule has 0 amide bonds. The predicted molar refractivity (Wildman–Crippen MR) is 77.8 cm³/mol. The first-order valence-electron chi connectivity index (χ1n) is 6.30. The second-order valence-corrected chi connectivity index (χ2v) is 5.50. The second kappa shape index (κ2) is 5.05. The molecule has 1 aromatic heterocycles. The highest BCUT2D eigenvalue weighted by Gasteiger charge is 2.17. The van der Waals surface area contributed by atoms with E-state index in [4.69, 9.17) is 10.5 Å². The summed E-state index contributed by atoms with van der Waals surface area (Å²) in [6.45, 7) is 2.17. The summed E-state index contributed by atoms with van der Waals surface area (Å²) in [6.07, 6.45) is 2.48. The van der Waals surface area contributed by atoms with Gasteiger partial charge in [-0.2, -0.15) is 0 Å². The van der Waals surface area contributed by atoms with Crippen molar-refractivity contribution in [2.75, 3.05) is 30.8 Å². The smallest absolute Gasteiger partial charge is 0.208 e. The molecule has 1 saturated heterocycles. The Kier molecular flexibility index (Phi) is 3.25. The summed E-state index contributed by atoms with van der Waals surface area (Å²) in [6, 6.07) is 5.70. The SMILES string of the molecule is COc1cc(-c2nnc(N3CCCC3)s2)ccc1N. The van der Waals surface area contributed by atoms with E-state index in [-0.39, 0.29) is 0 Å². The third-order valence-corrected chi connectivity index (χ3v) is 4.30.